The summed E-state index contributed by atoms with van der Waals surface area (Å²) in [6.45, 7) is 2.23. The first-order chi connectivity index (χ1) is 7.16. The molecule has 82 valence electrons. The Balaban J connectivity index is 2.03. The molecule has 0 aromatic heterocycles. The third-order valence-corrected chi connectivity index (χ3v) is 4.15. The molecule has 3 atom stereocenters. The summed E-state index contributed by atoms with van der Waals surface area (Å²) in [5, 5.41) is 9.72. The van der Waals surface area contributed by atoms with Crippen molar-refractivity contribution in [2.75, 3.05) is 0 Å². The van der Waals surface area contributed by atoms with E-state index in [1.54, 1.807) is 6.07 Å². The summed E-state index contributed by atoms with van der Waals surface area (Å²) in [4.78, 5) is 0. The number of hydrogen-bond donors (Lipinski definition) is 1. The summed E-state index contributed by atoms with van der Waals surface area (Å²) in [6, 6.07) is 7.55. The fourth-order valence-corrected chi connectivity index (χ4v) is 2.80. The van der Waals surface area contributed by atoms with Gasteiger partial charge in [-0.1, -0.05) is 19.1 Å². The fourth-order valence-electron chi connectivity index (χ4n) is 2.47. The molecule has 1 aliphatic carbocycles. The van der Waals surface area contributed by atoms with Gasteiger partial charge in [-0.05, 0) is 48.8 Å². The van der Waals surface area contributed by atoms with Crippen LogP contribution in [-0.4, -0.2) is 10.5 Å². The number of benzene rings is 1. The molecule has 0 spiro atoms. The van der Waals surface area contributed by atoms with E-state index in [2.05, 4.69) is 13.0 Å². The molecule has 0 bridgehead atoms. The number of rotatable bonds is 2. The Morgan fingerprint density at radius 1 is 1.40 bits per heavy atom. The van der Waals surface area contributed by atoms with E-state index in [1.807, 2.05) is 12.1 Å². The van der Waals surface area contributed by atoms with Gasteiger partial charge in [-0.25, -0.2) is 0 Å². The SMILES string of the molecule is CC1C(Cl)CCC1Cc1cccc(O)c1. The van der Waals surface area contributed by atoms with Gasteiger partial charge in [0.1, 0.15) is 5.75 Å². The van der Waals surface area contributed by atoms with Crippen LogP contribution in [0.15, 0.2) is 24.3 Å². The first kappa shape index (κ1) is 10.8. The summed E-state index contributed by atoms with van der Waals surface area (Å²) in [5.41, 5.74) is 1.22. The van der Waals surface area contributed by atoms with Crippen molar-refractivity contribution in [2.45, 2.75) is 31.6 Å². The molecule has 1 aromatic carbocycles. The fraction of sp³-hybridized carbons (Fsp3) is 0.538. The van der Waals surface area contributed by atoms with Gasteiger partial charge in [-0.15, -0.1) is 11.6 Å². The molecule has 2 heteroatoms. The molecule has 0 aliphatic heterocycles. The van der Waals surface area contributed by atoms with Gasteiger partial charge in [-0.2, -0.15) is 0 Å². The molecule has 1 fully saturated rings. The van der Waals surface area contributed by atoms with Gasteiger partial charge in [0, 0.05) is 5.38 Å². The lowest BCUT2D eigenvalue weighted by Crippen LogP contribution is -2.13. The highest BCUT2D eigenvalue weighted by Crippen LogP contribution is 2.37. The molecule has 0 heterocycles. The molecule has 1 saturated carbocycles. The maximum absolute atomic E-state index is 9.38. The van der Waals surface area contributed by atoms with E-state index in [-0.39, 0.29) is 0 Å². The largest absolute Gasteiger partial charge is 0.508 e. The lowest BCUT2D eigenvalue weighted by atomic mass is 9.91. The first-order valence-corrected chi connectivity index (χ1v) is 6.02. The lowest BCUT2D eigenvalue weighted by Gasteiger charge is -2.17. The first-order valence-electron chi connectivity index (χ1n) is 5.59. The number of halogens is 1. The molecule has 0 amide bonds. The van der Waals surface area contributed by atoms with E-state index < -0.39 is 0 Å². The predicted octanol–water partition coefficient (Wildman–Crippen LogP) is 3.59. The third-order valence-electron chi connectivity index (χ3n) is 3.54. The summed E-state index contributed by atoms with van der Waals surface area (Å²) < 4.78 is 0. The van der Waals surface area contributed by atoms with E-state index in [0.29, 0.717) is 23.0 Å². The van der Waals surface area contributed by atoms with Crippen LogP contribution in [0.3, 0.4) is 0 Å². The topological polar surface area (TPSA) is 20.2 Å². The molecule has 0 radical (unpaired) electrons. The van der Waals surface area contributed by atoms with Gasteiger partial charge in [0.05, 0.1) is 0 Å². The molecule has 15 heavy (non-hydrogen) atoms. The Labute approximate surface area is 96.1 Å². The van der Waals surface area contributed by atoms with Crippen molar-refractivity contribution in [3.63, 3.8) is 0 Å². The van der Waals surface area contributed by atoms with Crippen LogP contribution in [0.2, 0.25) is 0 Å². The van der Waals surface area contributed by atoms with Crippen LogP contribution in [0.25, 0.3) is 0 Å². The predicted molar refractivity (Wildman–Crippen MR) is 63.3 cm³/mol. The van der Waals surface area contributed by atoms with Crippen molar-refractivity contribution in [1.29, 1.82) is 0 Å². The van der Waals surface area contributed by atoms with Crippen molar-refractivity contribution >= 4 is 11.6 Å². The van der Waals surface area contributed by atoms with Crippen molar-refractivity contribution in [2.24, 2.45) is 11.8 Å². The Hall–Kier alpha value is -0.690. The third kappa shape index (κ3) is 2.46. The Kier molecular flexibility index (Phi) is 3.20. The van der Waals surface area contributed by atoms with Gasteiger partial charge in [0.25, 0.3) is 0 Å². The Morgan fingerprint density at radius 3 is 2.80 bits per heavy atom. The van der Waals surface area contributed by atoms with Crippen molar-refractivity contribution in [3.8, 4) is 5.75 Å². The summed E-state index contributed by atoms with van der Waals surface area (Å²) >= 11 is 6.21. The van der Waals surface area contributed by atoms with Crippen molar-refractivity contribution in [1.82, 2.24) is 0 Å². The Bertz CT molecular complexity index is 337. The van der Waals surface area contributed by atoms with E-state index in [1.165, 1.54) is 12.0 Å². The van der Waals surface area contributed by atoms with E-state index in [9.17, 15) is 5.11 Å². The number of phenols is 1. The molecule has 0 saturated heterocycles. The van der Waals surface area contributed by atoms with Crippen LogP contribution < -0.4 is 0 Å². The van der Waals surface area contributed by atoms with Gasteiger partial charge >= 0.3 is 0 Å². The minimum Gasteiger partial charge on any atom is -0.508 e. The molecule has 1 nitrogen and oxygen atoms in total. The second-order valence-electron chi connectivity index (χ2n) is 4.59. The molecular weight excluding hydrogens is 208 g/mol. The molecule has 2 rings (SSSR count). The normalized spacial score (nSPS) is 30.7. The zero-order valence-electron chi connectivity index (χ0n) is 8.99. The van der Waals surface area contributed by atoms with Gasteiger partial charge in [0.2, 0.25) is 0 Å². The molecule has 3 unspecified atom stereocenters. The quantitative estimate of drug-likeness (QED) is 0.762. The van der Waals surface area contributed by atoms with Crippen LogP contribution in [-0.2, 0) is 6.42 Å². The average Bonchev–Trinajstić information content (AvgIpc) is 2.50. The summed E-state index contributed by atoms with van der Waals surface area (Å²) in [7, 11) is 0. The zero-order chi connectivity index (χ0) is 10.8. The molecular formula is C13H17ClO. The zero-order valence-corrected chi connectivity index (χ0v) is 9.74. The number of hydrogen-bond acceptors (Lipinski definition) is 1. The summed E-state index contributed by atoms with van der Waals surface area (Å²) in [6.07, 6.45) is 3.38. The number of aromatic hydroxyl groups is 1. The highest BCUT2D eigenvalue weighted by atomic mass is 35.5. The molecule has 1 N–H and O–H groups in total. The second kappa shape index (κ2) is 4.44. The number of phenolic OH excluding ortho intramolecular Hbond substituents is 1. The van der Waals surface area contributed by atoms with Crippen LogP contribution in [0.1, 0.15) is 25.3 Å². The minimum atomic E-state index is 0.340. The van der Waals surface area contributed by atoms with Gasteiger partial charge in [0.15, 0.2) is 0 Å². The average molecular weight is 225 g/mol. The van der Waals surface area contributed by atoms with Gasteiger partial charge in [-0.3, -0.25) is 0 Å². The van der Waals surface area contributed by atoms with E-state index in [4.69, 9.17) is 11.6 Å². The highest BCUT2D eigenvalue weighted by Gasteiger charge is 2.31. The van der Waals surface area contributed by atoms with Crippen molar-refractivity contribution in [3.05, 3.63) is 29.8 Å². The van der Waals surface area contributed by atoms with Crippen molar-refractivity contribution < 1.29 is 5.11 Å². The maximum Gasteiger partial charge on any atom is 0.115 e. The minimum absolute atomic E-state index is 0.340. The molecule has 1 aromatic rings. The van der Waals surface area contributed by atoms with Crippen LogP contribution in [0.4, 0.5) is 0 Å². The summed E-state index contributed by atoms with van der Waals surface area (Å²) in [5.74, 6) is 1.63. The monoisotopic (exact) mass is 224 g/mol. The smallest absolute Gasteiger partial charge is 0.115 e. The standard InChI is InChI=1S/C13H17ClO/c1-9-11(5-6-13(9)14)7-10-3-2-4-12(15)8-10/h2-4,8-9,11,13,15H,5-7H2,1H3. The highest BCUT2D eigenvalue weighted by molar-refractivity contribution is 6.20. The Morgan fingerprint density at radius 2 is 2.20 bits per heavy atom. The molecule has 1 aliphatic rings. The van der Waals surface area contributed by atoms with E-state index >= 15 is 0 Å². The second-order valence-corrected chi connectivity index (χ2v) is 5.15. The van der Waals surface area contributed by atoms with Gasteiger partial charge < -0.3 is 5.11 Å². The van der Waals surface area contributed by atoms with E-state index in [0.717, 1.165) is 12.8 Å². The maximum atomic E-state index is 9.38. The van der Waals surface area contributed by atoms with Crippen LogP contribution in [0, 0.1) is 11.8 Å². The van der Waals surface area contributed by atoms with Crippen LogP contribution in [0.5, 0.6) is 5.75 Å². The number of alkyl halides is 1. The van der Waals surface area contributed by atoms with Crippen LogP contribution >= 0.6 is 11.6 Å². The lowest BCUT2D eigenvalue weighted by molar-refractivity contribution is 0.418.